The Morgan fingerprint density at radius 1 is 1.14 bits per heavy atom. The third-order valence-corrected chi connectivity index (χ3v) is 7.97. The number of rotatable bonds is 10. The summed E-state index contributed by atoms with van der Waals surface area (Å²) in [4.78, 5) is 28.1. The van der Waals surface area contributed by atoms with Gasteiger partial charge in [-0.1, -0.05) is 54.2 Å². The van der Waals surface area contributed by atoms with Crippen molar-refractivity contribution in [2.24, 2.45) is 0 Å². The number of methoxy groups -OCH3 is 1. The molecule has 1 aliphatic carbocycles. The van der Waals surface area contributed by atoms with Crippen LogP contribution in [0, 0.1) is 0 Å². The average molecular weight is 557 g/mol. The van der Waals surface area contributed by atoms with Gasteiger partial charge in [-0.15, -0.1) is 0 Å². The molecule has 196 valence electrons. The van der Waals surface area contributed by atoms with E-state index in [1.54, 1.807) is 49.4 Å². The molecule has 11 heteroatoms. The van der Waals surface area contributed by atoms with Gasteiger partial charge < -0.3 is 15.0 Å². The monoisotopic (exact) mass is 555 g/mol. The molecule has 0 spiro atoms. The first-order valence-corrected chi connectivity index (χ1v) is 14.3. The van der Waals surface area contributed by atoms with Crippen molar-refractivity contribution in [3.05, 3.63) is 58.1 Å². The number of ether oxygens (including phenoxy) is 1. The summed E-state index contributed by atoms with van der Waals surface area (Å²) in [7, 11) is -2.45. The number of amides is 2. The summed E-state index contributed by atoms with van der Waals surface area (Å²) in [5, 5.41) is 3.80. The molecule has 0 saturated heterocycles. The van der Waals surface area contributed by atoms with Crippen molar-refractivity contribution in [1.82, 2.24) is 10.2 Å². The van der Waals surface area contributed by atoms with Gasteiger partial charge in [0.2, 0.25) is 21.8 Å². The quantitative estimate of drug-likeness (QED) is 0.472. The smallest absolute Gasteiger partial charge is 0.244 e. The van der Waals surface area contributed by atoms with E-state index in [-0.39, 0.29) is 24.2 Å². The third-order valence-electron chi connectivity index (χ3n) is 6.26. The van der Waals surface area contributed by atoms with Gasteiger partial charge in [-0.05, 0) is 49.6 Å². The van der Waals surface area contributed by atoms with Gasteiger partial charge in [0.15, 0.2) is 0 Å². The summed E-state index contributed by atoms with van der Waals surface area (Å²) < 4.78 is 31.8. The summed E-state index contributed by atoms with van der Waals surface area (Å²) in [6.07, 6.45) is 4.90. The second kappa shape index (κ2) is 12.2. The van der Waals surface area contributed by atoms with Crippen LogP contribution in [0.4, 0.5) is 5.69 Å². The summed E-state index contributed by atoms with van der Waals surface area (Å²) in [6.45, 7) is 1.10. The molecule has 36 heavy (non-hydrogen) atoms. The molecular formula is C25H31Cl2N3O5S. The molecule has 0 aromatic heterocycles. The average Bonchev–Trinajstić information content (AvgIpc) is 3.33. The van der Waals surface area contributed by atoms with E-state index in [4.69, 9.17) is 27.9 Å². The van der Waals surface area contributed by atoms with Gasteiger partial charge in [-0.2, -0.15) is 0 Å². The third kappa shape index (κ3) is 7.05. The Bertz CT molecular complexity index is 1200. The first-order chi connectivity index (χ1) is 17.0. The molecule has 1 atom stereocenters. The number of hydrogen-bond acceptors (Lipinski definition) is 5. The number of para-hydroxylation sites is 2. The highest BCUT2D eigenvalue weighted by atomic mass is 35.5. The van der Waals surface area contributed by atoms with E-state index >= 15 is 0 Å². The number of carbonyl (C=O) groups excluding carboxylic acids is 2. The van der Waals surface area contributed by atoms with Gasteiger partial charge in [0.25, 0.3) is 0 Å². The molecule has 1 fully saturated rings. The van der Waals surface area contributed by atoms with E-state index < -0.39 is 28.5 Å². The largest absolute Gasteiger partial charge is 0.495 e. The van der Waals surface area contributed by atoms with E-state index in [0.29, 0.717) is 21.4 Å². The maximum Gasteiger partial charge on any atom is 0.244 e. The first-order valence-electron chi connectivity index (χ1n) is 11.7. The van der Waals surface area contributed by atoms with E-state index in [1.165, 1.54) is 12.0 Å². The Morgan fingerprint density at radius 3 is 2.42 bits per heavy atom. The lowest BCUT2D eigenvalue weighted by Gasteiger charge is -2.32. The van der Waals surface area contributed by atoms with Crippen LogP contribution in [-0.2, 0) is 26.2 Å². The molecule has 1 N–H and O–H groups in total. The van der Waals surface area contributed by atoms with Crippen LogP contribution in [-0.4, -0.2) is 57.1 Å². The zero-order valence-electron chi connectivity index (χ0n) is 20.5. The zero-order chi connectivity index (χ0) is 26.5. The van der Waals surface area contributed by atoms with Crippen LogP contribution < -0.4 is 14.4 Å². The summed E-state index contributed by atoms with van der Waals surface area (Å²) >= 11 is 12.4. The fourth-order valence-corrected chi connectivity index (χ4v) is 5.56. The van der Waals surface area contributed by atoms with Crippen LogP contribution >= 0.6 is 23.2 Å². The Labute approximate surface area is 222 Å². The van der Waals surface area contributed by atoms with Crippen molar-refractivity contribution in [1.29, 1.82) is 0 Å². The number of sulfonamides is 1. The summed E-state index contributed by atoms with van der Waals surface area (Å²) in [5.41, 5.74) is 0.807. The molecule has 0 heterocycles. The summed E-state index contributed by atoms with van der Waals surface area (Å²) in [6, 6.07) is 10.6. The van der Waals surface area contributed by atoms with Gasteiger partial charge >= 0.3 is 0 Å². The summed E-state index contributed by atoms with van der Waals surface area (Å²) in [5.74, 6) is -0.565. The van der Waals surface area contributed by atoms with E-state index in [1.807, 2.05) is 0 Å². The van der Waals surface area contributed by atoms with Crippen molar-refractivity contribution < 1.29 is 22.7 Å². The standard InChI is InChI=1S/C25H31Cl2N3O5S/c1-17(25(32)28-20-8-4-5-9-20)29(15-18-12-13-19(26)14-21(18)27)24(31)16-30(36(3,33)34)22-10-6-7-11-23(22)35-2/h6-7,10-14,17,20H,4-5,8-9,15-16H2,1-3H3,(H,28,32)/t17-/m1/s1. The predicted molar refractivity (Wildman–Crippen MR) is 142 cm³/mol. The lowest BCUT2D eigenvalue weighted by Crippen LogP contribution is -2.52. The van der Waals surface area contributed by atoms with Gasteiger partial charge in [-0.25, -0.2) is 8.42 Å². The van der Waals surface area contributed by atoms with Crippen LogP contribution in [0.1, 0.15) is 38.2 Å². The number of nitrogens with one attached hydrogen (secondary N) is 1. The van der Waals surface area contributed by atoms with Crippen LogP contribution in [0.2, 0.25) is 10.0 Å². The van der Waals surface area contributed by atoms with Crippen molar-refractivity contribution in [3.8, 4) is 5.75 Å². The molecule has 1 saturated carbocycles. The minimum Gasteiger partial charge on any atom is -0.495 e. The van der Waals surface area contributed by atoms with Crippen molar-refractivity contribution in [3.63, 3.8) is 0 Å². The SMILES string of the molecule is COc1ccccc1N(CC(=O)N(Cc1ccc(Cl)cc1Cl)[C@H](C)C(=O)NC1CCCC1)S(C)(=O)=O. The Kier molecular flexibility index (Phi) is 9.49. The maximum atomic E-state index is 13.7. The van der Waals surface area contributed by atoms with Gasteiger partial charge in [-0.3, -0.25) is 13.9 Å². The molecule has 2 aromatic carbocycles. The molecule has 3 rings (SSSR count). The van der Waals surface area contributed by atoms with E-state index in [2.05, 4.69) is 5.32 Å². The van der Waals surface area contributed by atoms with E-state index in [0.717, 1.165) is 36.2 Å². The van der Waals surface area contributed by atoms with Crippen LogP contribution in [0.3, 0.4) is 0 Å². The van der Waals surface area contributed by atoms with Crippen LogP contribution in [0.15, 0.2) is 42.5 Å². The molecule has 0 bridgehead atoms. The number of nitrogens with zero attached hydrogens (tertiary/aromatic N) is 2. The number of hydrogen-bond donors (Lipinski definition) is 1. The molecular weight excluding hydrogens is 525 g/mol. The molecule has 1 aliphatic rings. The molecule has 2 amide bonds. The number of anilines is 1. The topological polar surface area (TPSA) is 96.0 Å². The molecule has 8 nitrogen and oxygen atoms in total. The second-order valence-electron chi connectivity index (χ2n) is 8.86. The minimum atomic E-state index is -3.87. The normalized spacial score (nSPS) is 14.8. The fourth-order valence-electron chi connectivity index (χ4n) is 4.24. The highest BCUT2D eigenvalue weighted by Gasteiger charge is 2.32. The lowest BCUT2D eigenvalue weighted by atomic mass is 10.1. The van der Waals surface area contributed by atoms with Crippen LogP contribution in [0.5, 0.6) is 5.75 Å². The van der Waals surface area contributed by atoms with Crippen molar-refractivity contribution in [2.75, 3.05) is 24.2 Å². The number of carbonyl (C=O) groups is 2. The molecule has 0 aliphatic heterocycles. The minimum absolute atomic E-state index is 0.00237. The van der Waals surface area contributed by atoms with Gasteiger partial charge in [0.1, 0.15) is 18.3 Å². The highest BCUT2D eigenvalue weighted by Crippen LogP contribution is 2.30. The Hall–Kier alpha value is -2.49. The predicted octanol–water partition coefficient (Wildman–Crippen LogP) is 4.24. The van der Waals surface area contributed by atoms with Gasteiger partial charge in [0.05, 0.1) is 19.1 Å². The van der Waals surface area contributed by atoms with Crippen LogP contribution in [0.25, 0.3) is 0 Å². The molecule has 0 unspecified atom stereocenters. The lowest BCUT2D eigenvalue weighted by molar-refractivity contribution is -0.139. The second-order valence-corrected chi connectivity index (χ2v) is 11.6. The van der Waals surface area contributed by atoms with Gasteiger partial charge in [0, 0.05) is 22.6 Å². The first kappa shape index (κ1) is 28.1. The number of benzene rings is 2. The molecule has 2 aromatic rings. The fraction of sp³-hybridized carbons (Fsp3) is 0.440. The van der Waals surface area contributed by atoms with Crippen molar-refractivity contribution in [2.45, 2.75) is 51.2 Å². The molecule has 0 radical (unpaired) electrons. The number of halogens is 2. The van der Waals surface area contributed by atoms with E-state index in [9.17, 15) is 18.0 Å². The Balaban J connectivity index is 1.93. The van der Waals surface area contributed by atoms with Crippen molar-refractivity contribution >= 4 is 50.7 Å². The zero-order valence-corrected chi connectivity index (χ0v) is 22.9. The highest BCUT2D eigenvalue weighted by molar-refractivity contribution is 7.92. The maximum absolute atomic E-state index is 13.7. The Morgan fingerprint density at radius 2 is 1.81 bits per heavy atom.